The molecular formula is C44H36N2O4. The fraction of sp³-hybridized carbons (Fsp3) is 0.0909. The number of hydrogen-bond acceptors (Lipinski definition) is 5. The quantitative estimate of drug-likeness (QED) is 0.141. The number of benzene rings is 5. The predicted octanol–water partition coefficient (Wildman–Crippen LogP) is 9.03. The first-order valence-corrected chi connectivity index (χ1v) is 16.5. The van der Waals surface area contributed by atoms with Crippen molar-refractivity contribution in [3.63, 3.8) is 0 Å². The Labute approximate surface area is 291 Å². The van der Waals surface area contributed by atoms with E-state index in [2.05, 4.69) is 0 Å². The van der Waals surface area contributed by atoms with Crippen LogP contribution in [-0.2, 0) is 4.79 Å². The number of Topliss-reactive ketones (excluding diaryl/α,β-unsaturated/α-hetero) is 1. The van der Waals surface area contributed by atoms with E-state index in [-0.39, 0.29) is 33.8 Å². The van der Waals surface area contributed by atoms with Gasteiger partial charge in [0.2, 0.25) is 17.1 Å². The highest BCUT2D eigenvalue weighted by Crippen LogP contribution is 2.44. The highest BCUT2D eigenvalue weighted by atomic mass is 16.3. The maximum atomic E-state index is 13.6. The number of aryl methyl sites for hydroxylation is 4. The van der Waals surface area contributed by atoms with Gasteiger partial charge in [0.15, 0.2) is 5.78 Å². The third-order valence-corrected chi connectivity index (χ3v) is 9.09. The number of phenolic OH excluding ortho intramolecular Hbond substituents is 1. The van der Waals surface area contributed by atoms with Crippen LogP contribution < -0.4 is 14.6 Å². The number of carbonyl (C=O) groups excluding carboxylic acids is 1. The lowest BCUT2D eigenvalue weighted by Crippen LogP contribution is -2.31. The van der Waals surface area contributed by atoms with Gasteiger partial charge >= 0.3 is 0 Å². The van der Waals surface area contributed by atoms with E-state index in [1.54, 1.807) is 36.4 Å². The molecule has 0 fully saturated rings. The monoisotopic (exact) mass is 656 g/mol. The summed E-state index contributed by atoms with van der Waals surface area (Å²) < 4.78 is 2.01. The van der Waals surface area contributed by atoms with Crippen LogP contribution in [0.25, 0.3) is 5.57 Å². The summed E-state index contributed by atoms with van der Waals surface area (Å²) in [5, 5.41) is 36.1. The zero-order valence-corrected chi connectivity index (χ0v) is 28.3. The molecule has 7 rings (SSSR count). The van der Waals surface area contributed by atoms with E-state index in [9.17, 15) is 20.1 Å². The Kier molecular flexibility index (Phi) is 8.30. The van der Waals surface area contributed by atoms with Crippen molar-refractivity contribution in [2.24, 2.45) is 0 Å². The lowest BCUT2D eigenvalue weighted by atomic mass is 9.79. The Morgan fingerprint density at radius 2 is 1.04 bits per heavy atom. The van der Waals surface area contributed by atoms with E-state index in [0.29, 0.717) is 11.4 Å². The van der Waals surface area contributed by atoms with E-state index in [4.69, 9.17) is 0 Å². The van der Waals surface area contributed by atoms with Gasteiger partial charge in [-0.05, 0) is 70.2 Å². The molecule has 0 amide bonds. The zero-order valence-electron chi connectivity index (χ0n) is 28.3. The summed E-state index contributed by atoms with van der Waals surface area (Å²) >= 11 is 0. The molecule has 0 aliphatic heterocycles. The van der Waals surface area contributed by atoms with Gasteiger partial charge in [-0.25, -0.2) is 0 Å². The number of nitrogens with zero attached hydrogens (tertiary/aromatic N) is 2. The highest BCUT2D eigenvalue weighted by molar-refractivity contribution is 6.40. The van der Waals surface area contributed by atoms with Crippen molar-refractivity contribution in [2.75, 3.05) is 4.90 Å². The smallest absolute Gasteiger partial charge is 0.215 e. The van der Waals surface area contributed by atoms with E-state index in [0.717, 1.165) is 45.0 Å². The van der Waals surface area contributed by atoms with Gasteiger partial charge in [0.05, 0.1) is 6.08 Å². The van der Waals surface area contributed by atoms with Crippen LogP contribution in [0, 0.1) is 27.7 Å². The zero-order chi connectivity index (χ0) is 35.1. The second-order valence-corrected chi connectivity index (χ2v) is 12.8. The van der Waals surface area contributed by atoms with Crippen LogP contribution in [0.15, 0.2) is 156 Å². The minimum atomic E-state index is -0.524. The van der Waals surface area contributed by atoms with Gasteiger partial charge in [0, 0.05) is 75.8 Å². The first-order chi connectivity index (χ1) is 24.1. The second-order valence-electron chi connectivity index (χ2n) is 12.8. The Hall–Kier alpha value is -6.40. The molecule has 0 bridgehead atoms. The summed E-state index contributed by atoms with van der Waals surface area (Å²) in [6.07, 6.45) is 4.96. The SMILES string of the molecule is Cc1ccc(N(c2ccc(C)cc2)c2ccc(C3=C([O-])/C(=C4\C=CC(=[N+](c5ccc(C)cc5)c5ccc(C)cc5)C=C4O)C3=O)c(O)c2)cc1. The number of aliphatic hydroxyl groups is 1. The van der Waals surface area contributed by atoms with Gasteiger partial charge in [0.25, 0.3) is 0 Å². The van der Waals surface area contributed by atoms with Gasteiger partial charge in [-0.3, -0.25) is 4.79 Å². The number of rotatable bonds is 6. The molecule has 0 spiro atoms. The highest BCUT2D eigenvalue weighted by Gasteiger charge is 2.34. The van der Waals surface area contributed by atoms with Crippen LogP contribution in [0.5, 0.6) is 5.75 Å². The number of allylic oxidation sites excluding steroid dienone is 5. The van der Waals surface area contributed by atoms with E-state index in [1.165, 1.54) is 0 Å². The fourth-order valence-corrected chi connectivity index (χ4v) is 6.29. The molecule has 2 N–H and O–H groups in total. The van der Waals surface area contributed by atoms with Gasteiger partial charge < -0.3 is 20.2 Å². The van der Waals surface area contributed by atoms with Gasteiger partial charge in [-0.15, -0.1) is 0 Å². The van der Waals surface area contributed by atoms with Crippen molar-refractivity contribution in [1.82, 2.24) is 4.58 Å². The summed E-state index contributed by atoms with van der Waals surface area (Å²) in [6.45, 7) is 8.09. The predicted molar refractivity (Wildman–Crippen MR) is 200 cm³/mol. The van der Waals surface area contributed by atoms with E-state index in [1.807, 2.05) is 134 Å². The molecule has 0 saturated heterocycles. The molecule has 5 aromatic carbocycles. The molecule has 2 aliphatic rings. The van der Waals surface area contributed by atoms with Gasteiger partial charge in [0.1, 0.15) is 11.5 Å². The fourth-order valence-electron chi connectivity index (χ4n) is 6.29. The molecule has 5 aromatic rings. The Morgan fingerprint density at radius 1 is 0.580 bits per heavy atom. The summed E-state index contributed by atoms with van der Waals surface area (Å²) in [4.78, 5) is 15.6. The first kappa shape index (κ1) is 32.2. The third kappa shape index (κ3) is 5.92. The Bertz CT molecular complexity index is 2210. The molecule has 50 heavy (non-hydrogen) atoms. The number of phenols is 1. The number of aliphatic hydroxyl groups excluding tert-OH is 1. The number of hydrogen-bond donors (Lipinski definition) is 2. The van der Waals surface area contributed by atoms with Crippen LogP contribution in [0.1, 0.15) is 27.8 Å². The normalized spacial score (nSPS) is 15.6. The standard InChI is InChI=1S/C44H36N2O4/c1-27-5-13-31(14-6-27)45(32-15-7-28(2)8-16-32)35-21-23-37(39(47)25-35)41-43(49)42(44(41)50)38-24-22-36(26-40(38)48)46(33-17-9-29(3)10-18-33)34-19-11-30(4)12-20-34/h5-26H,1-4H3,(H2,47,48,49,50). The second kappa shape index (κ2) is 12.9. The number of carbonyl (C=O) groups is 1. The van der Waals surface area contributed by atoms with Crippen LogP contribution in [0.3, 0.4) is 0 Å². The topological polar surface area (TPSA) is 86.8 Å². The van der Waals surface area contributed by atoms with Crippen molar-refractivity contribution < 1.29 is 20.1 Å². The van der Waals surface area contributed by atoms with E-state index < -0.39 is 11.5 Å². The summed E-state index contributed by atoms with van der Waals surface area (Å²) in [5.74, 6) is -1.42. The molecule has 0 unspecified atom stereocenters. The van der Waals surface area contributed by atoms with Crippen molar-refractivity contribution in [3.05, 3.63) is 184 Å². The molecule has 2 aliphatic carbocycles. The molecule has 0 atom stereocenters. The number of anilines is 3. The van der Waals surface area contributed by atoms with Crippen molar-refractivity contribution >= 4 is 45.5 Å². The number of aromatic hydroxyl groups is 1. The molecule has 6 nitrogen and oxygen atoms in total. The summed E-state index contributed by atoms with van der Waals surface area (Å²) in [6, 6.07) is 37.2. The lowest BCUT2D eigenvalue weighted by Gasteiger charge is -2.33. The molecular weight excluding hydrogens is 620 g/mol. The summed E-state index contributed by atoms with van der Waals surface area (Å²) in [5.41, 5.74) is 9.51. The van der Waals surface area contributed by atoms with Crippen LogP contribution >= 0.6 is 0 Å². The van der Waals surface area contributed by atoms with E-state index >= 15 is 0 Å². The van der Waals surface area contributed by atoms with Crippen LogP contribution in [0.2, 0.25) is 0 Å². The van der Waals surface area contributed by atoms with Crippen LogP contribution in [0.4, 0.5) is 28.4 Å². The maximum absolute atomic E-state index is 13.6. The lowest BCUT2D eigenvalue weighted by molar-refractivity contribution is -0.297. The van der Waals surface area contributed by atoms with Gasteiger partial charge in [-0.2, -0.15) is 4.58 Å². The third-order valence-electron chi connectivity index (χ3n) is 9.09. The maximum Gasteiger partial charge on any atom is 0.215 e. The largest absolute Gasteiger partial charge is 0.871 e. The van der Waals surface area contributed by atoms with Gasteiger partial charge in [-0.1, -0.05) is 76.5 Å². The molecule has 6 heteroatoms. The summed E-state index contributed by atoms with van der Waals surface area (Å²) in [7, 11) is 0. The number of ketones is 1. The average molecular weight is 657 g/mol. The molecule has 0 radical (unpaired) electrons. The molecule has 0 heterocycles. The van der Waals surface area contributed by atoms with Crippen LogP contribution in [-0.4, -0.2) is 21.7 Å². The van der Waals surface area contributed by atoms with Crippen molar-refractivity contribution in [2.45, 2.75) is 27.7 Å². The molecule has 0 saturated carbocycles. The minimum absolute atomic E-state index is 0.106. The Morgan fingerprint density at radius 3 is 1.48 bits per heavy atom. The first-order valence-electron chi connectivity index (χ1n) is 16.5. The molecule has 0 aromatic heterocycles. The Balaban J connectivity index is 1.25. The van der Waals surface area contributed by atoms with Crippen molar-refractivity contribution in [1.29, 1.82) is 0 Å². The molecule has 246 valence electrons. The minimum Gasteiger partial charge on any atom is -0.871 e. The van der Waals surface area contributed by atoms with Crippen molar-refractivity contribution in [3.8, 4) is 5.75 Å². The average Bonchev–Trinajstić information content (AvgIpc) is 3.10.